The Morgan fingerprint density at radius 3 is 2.60 bits per heavy atom. The number of ether oxygens (including phenoxy) is 1. The summed E-state index contributed by atoms with van der Waals surface area (Å²) in [6.07, 6.45) is 1.98. The van der Waals surface area contributed by atoms with Crippen LogP contribution < -0.4 is 9.64 Å². The molecule has 10 heteroatoms. The number of rotatable bonds is 9. The summed E-state index contributed by atoms with van der Waals surface area (Å²) >= 11 is 1.58. The molecule has 2 fully saturated rings. The lowest BCUT2D eigenvalue weighted by atomic mass is 9.97. The van der Waals surface area contributed by atoms with Crippen molar-refractivity contribution in [3.8, 4) is 17.0 Å². The van der Waals surface area contributed by atoms with Crippen LogP contribution in [0.4, 0.5) is 5.13 Å². The van der Waals surface area contributed by atoms with Gasteiger partial charge in [0.1, 0.15) is 12.4 Å². The van der Waals surface area contributed by atoms with E-state index in [9.17, 15) is 18.3 Å². The van der Waals surface area contributed by atoms with E-state index in [1.54, 1.807) is 11.3 Å². The standard InChI is InChI=1S/C30H37N3O5S2/c1-20-5-4-6-26(27-18-39-30(31-27)33-12-9-23(10-13-33)29(34)35)28(20)38-17-24-8-7-22(15-21(24)2)16-32(3)25-11-14-40(36,37)19-25/h4-8,15,18,23,25H,9-14,16-17,19H2,1-3H3,(H,34,35). The Morgan fingerprint density at radius 1 is 1.15 bits per heavy atom. The summed E-state index contributed by atoms with van der Waals surface area (Å²) in [6, 6.07) is 12.5. The van der Waals surface area contributed by atoms with Crippen molar-refractivity contribution < 1.29 is 23.1 Å². The quantitative estimate of drug-likeness (QED) is 0.379. The first kappa shape index (κ1) is 28.6. The second kappa shape index (κ2) is 11.9. The van der Waals surface area contributed by atoms with E-state index < -0.39 is 15.8 Å². The fraction of sp³-hybridized carbons (Fsp3) is 0.467. The Kier molecular flexibility index (Phi) is 8.49. The van der Waals surface area contributed by atoms with Gasteiger partial charge in [0.15, 0.2) is 15.0 Å². The number of aromatic nitrogens is 1. The summed E-state index contributed by atoms with van der Waals surface area (Å²) in [5.41, 5.74) is 6.25. The molecule has 1 N–H and O–H groups in total. The van der Waals surface area contributed by atoms with Crippen molar-refractivity contribution in [2.45, 2.75) is 52.3 Å². The van der Waals surface area contributed by atoms with E-state index in [2.05, 4.69) is 34.9 Å². The van der Waals surface area contributed by atoms with Crippen molar-refractivity contribution in [1.82, 2.24) is 9.88 Å². The number of para-hydroxylation sites is 1. The summed E-state index contributed by atoms with van der Waals surface area (Å²) in [4.78, 5) is 20.5. The molecule has 1 atom stereocenters. The molecule has 2 aliphatic heterocycles. The SMILES string of the molecule is Cc1cc(CN(C)C2CCS(=O)(=O)C2)ccc1COc1c(C)cccc1-c1csc(N2CCC(C(=O)O)CC2)n1. The monoisotopic (exact) mass is 583 g/mol. The molecule has 0 bridgehead atoms. The number of carboxylic acids is 1. The summed E-state index contributed by atoms with van der Waals surface area (Å²) in [5, 5.41) is 12.3. The van der Waals surface area contributed by atoms with E-state index in [0.29, 0.717) is 45.5 Å². The van der Waals surface area contributed by atoms with Crippen LogP contribution in [0.15, 0.2) is 41.8 Å². The molecule has 0 aliphatic carbocycles. The van der Waals surface area contributed by atoms with Crippen molar-refractivity contribution in [2.24, 2.45) is 5.92 Å². The molecule has 1 aromatic heterocycles. The van der Waals surface area contributed by atoms with Crippen LogP contribution in [-0.2, 0) is 27.8 Å². The Labute approximate surface area is 240 Å². The van der Waals surface area contributed by atoms with Crippen molar-refractivity contribution >= 4 is 32.3 Å². The van der Waals surface area contributed by atoms with Crippen LogP contribution in [0.3, 0.4) is 0 Å². The molecule has 8 nitrogen and oxygen atoms in total. The van der Waals surface area contributed by atoms with Gasteiger partial charge in [-0.15, -0.1) is 11.3 Å². The number of benzene rings is 2. The summed E-state index contributed by atoms with van der Waals surface area (Å²) < 4.78 is 30.1. The molecule has 0 saturated carbocycles. The summed E-state index contributed by atoms with van der Waals surface area (Å²) in [7, 11) is -0.902. The van der Waals surface area contributed by atoms with Crippen LogP contribution in [0.2, 0.25) is 0 Å². The van der Waals surface area contributed by atoms with Crippen LogP contribution in [0.5, 0.6) is 5.75 Å². The van der Waals surface area contributed by atoms with Crippen LogP contribution in [0.25, 0.3) is 11.3 Å². The number of aryl methyl sites for hydroxylation is 2. The number of piperidine rings is 1. The van der Waals surface area contributed by atoms with E-state index in [-0.39, 0.29) is 23.5 Å². The second-order valence-electron chi connectivity index (χ2n) is 11.1. The van der Waals surface area contributed by atoms with Gasteiger partial charge in [0.2, 0.25) is 0 Å². The Bertz CT molecular complexity index is 1480. The third kappa shape index (κ3) is 6.50. The van der Waals surface area contributed by atoms with Crippen molar-refractivity contribution in [1.29, 1.82) is 0 Å². The van der Waals surface area contributed by atoms with E-state index in [0.717, 1.165) is 44.4 Å². The molecule has 0 radical (unpaired) electrons. The molecule has 2 aromatic carbocycles. The molecule has 5 rings (SSSR count). The number of thiazole rings is 1. The van der Waals surface area contributed by atoms with Crippen LogP contribution in [-0.4, -0.2) is 67.1 Å². The highest BCUT2D eigenvalue weighted by Gasteiger charge is 2.30. The van der Waals surface area contributed by atoms with Gasteiger partial charge < -0.3 is 14.7 Å². The fourth-order valence-electron chi connectivity index (χ4n) is 5.60. The van der Waals surface area contributed by atoms with Crippen LogP contribution in [0.1, 0.15) is 41.5 Å². The van der Waals surface area contributed by atoms with Crippen molar-refractivity contribution in [3.05, 3.63) is 64.0 Å². The van der Waals surface area contributed by atoms with Crippen molar-refractivity contribution in [3.63, 3.8) is 0 Å². The molecule has 3 heterocycles. The number of aliphatic carboxylic acids is 1. The van der Waals surface area contributed by atoms with E-state index in [4.69, 9.17) is 9.72 Å². The van der Waals surface area contributed by atoms with Gasteiger partial charge in [0, 0.05) is 36.6 Å². The normalized spacial score (nSPS) is 19.3. The average Bonchev–Trinajstić information content (AvgIpc) is 3.55. The van der Waals surface area contributed by atoms with Gasteiger partial charge in [-0.2, -0.15) is 0 Å². The molecule has 40 heavy (non-hydrogen) atoms. The Morgan fingerprint density at radius 2 is 1.93 bits per heavy atom. The highest BCUT2D eigenvalue weighted by atomic mass is 32.2. The highest BCUT2D eigenvalue weighted by Crippen LogP contribution is 2.37. The lowest BCUT2D eigenvalue weighted by Gasteiger charge is -2.29. The Hall–Kier alpha value is -2.95. The zero-order chi connectivity index (χ0) is 28.4. The second-order valence-corrected chi connectivity index (χ2v) is 14.2. The minimum Gasteiger partial charge on any atom is -0.488 e. The first-order valence-electron chi connectivity index (χ1n) is 13.7. The molecular weight excluding hydrogens is 546 g/mol. The number of carbonyl (C=O) groups is 1. The van der Waals surface area contributed by atoms with Crippen molar-refractivity contribution in [2.75, 3.05) is 36.5 Å². The maximum atomic E-state index is 11.9. The third-order valence-electron chi connectivity index (χ3n) is 8.14. The molecule has 214 valence electrons. The minimum absolute atomic E-state index is 0.0793. The van der Waals surface area contributed by atoms with Gasteiger partial charge in [-0.05, 0) is 68.5 Å². The largest absolute Gasteiger partial charge is 0.488 e. The number of nitrogens with zero attached hydrogens (tertiary/aromatic N) is 3. The van der Waals surface area contributed by atoms with Gasteiger partial charge >= 0.3 is 5.97 Å². The van der Waals surface area contributed by atoms with Crippen LogP contribution in [0, 0.1) is 19.8 Å². The zero-order valence-electron chi connectivity index (χ0n) is 23.3. The van der Waals surface area contributed by atoms with E-state index in [1.807, 2.05) is 37.6 Å². The third-order valence-corrected chi connectivity index (χ3v) is 10.8. The molecular formula is C30H37N3O5S2. The molecule has 2 aliphatic rings. The predicted octanol–water partition coefficient (Wildman–Crippen LogP) is 4.93. The smallest absolute Gasteiger partial charge is 0.306 e. The number of anilines is 1. The number of sulfone groups is 1. The Balaban J connectivity index is 1.25. The van der Waals surface area contributed by atoms with Gasteiger partial charge in [-0.25, -0.2) is 13.4 Å². The summed E-state index contributed by atoms with van der Waals surface area (Å²) in [6.45, 7) is 6.67. The summed E-state index contributed by atoms with van der Waals surface area (Å²) in [5.74, 6) is 0.370. The molecule has 0 amide bonds. The number of hydrogen-bond donors (Lipinski definition) is 1. The minimum atomic E-state index is -2.90. The van der Waals surface area contributed by atoms with Gasteiger partial charge in [0.25, 0.3) is 0 Å². The lowest BCUT2D eigenvalue weighted by Crippen LogP contribution is -2.36. The average molecular weight is 584 g/mol. The fourth-order valence-corrected chi connectivity index (χ4v) is 8.29. The number of hydrogen-bond acceptors (Lipinski definition) is 8. The van der Waals surface area contributed by atoms with Gasteiger partial charge in [0.05, 0.1) is 23.1 Å². The molecule has 2 saturated heterocycles. The first-order valence-corrected chi connectivity index (χ1v) is 16.4. The van der Waals surface area contributed by atoms with Gasteiger partial charge in [-0.3, -0.25) is 9.69 Å². The maximum absolute atomic E-state index is 11.9. The van der Waals surface area contributed by atoms with E-state index in [1.165, 1.54) is 0 Å². The van der Waals surface area contributed by atoms with Crippen LogP contribution >= 0.6 is 11.3 Å². The maximum Gasteiger partial charge on any atom is 0.306 e. The first-order chi connectivity index (χ1) is 19.1. The predicted molar refractivity (Wildman–Crippen MR) is 159 cm³/mol. The number of carboxylic acid groups (broad SMARTS) is 1. The van der Waals surface area contributed by atoms with Gasteiger partial charge in [-0.1, -0.05) is 30.3 Å². The molecule has 3 aromatic rings. The highest BCUT2D eigenvalue weighted by molar-refractivity contribution is 7.91. The lowest BCUT2D eigenvalue weighted by molar-refractivity contribution is -0.142. The molecule has 1 unspecified atom stereocenters. The molecule has 0 spiro atoms. The zero-order valence-corrected chi connectivity index (χ0v) is 24.9. The topological polar surface area (TPSA) is 100 Å². The van der Waals surface area contributed by atoms with E-state index >= 15 is 0 Å².